The number of hydrogen-bond acceptors (Lipinski definition) is 5. The molecule has 1 aromatic carbocycles. The molecular weight excluding hydrogens is 320 g/mol. The van der Waals surface area contributed by atoms with Crippen LogP contribution < -0.4 is 14.8 Å². The predicted octanol–water partition coefficient (Wildman–Crippen LogP) is 1.42. The Morgan fingerprint density at radius 3 is 2.91 bits per heavy atom. The first-order valence-corrected chi connectivity index (χ1v) is 9.29. The lowest BCUT2D eigenvalue weighted by atomic mass is 9.98. The molecule has 1 fully saturated rings. The summed E-state index contributed by atoms with van der Waals surface area (Å²) in [5.74, 6) is 0.807. The second-order valence-corrected chi connectivity index (χ2v) is 7.91. The first-order chi connectivity index (χ1) is 11.0. The second-order valence-electron chi connectivity index (χ2n) is 5.66. The van der Waals surface area contributed by atoms with Crippen LogP contribution in [-0.4, -0.2) is 44.3 Å². The highest BCUT2D eigenvalue weighted by Crippen LogP contribution is 2.34. The SMILES string of the molecule is CCS(=O)(=O)N1CCC[C@H](C(=O)Nc2ccc3c(c2)OCO3)C1. The molecule has 0 aromatic heterocycles. The average Bonchev–Trinajstić information content (AvgIpc) is 3.02. The van der Waals surface area contributed by atoms with Gasteiger partial charge in [0.15, 0.2) is 11.5 Å². The highest BCUT2D eigenvalue weighted by Gasteiger charge is 2.31. The number of carbonyl (C=O) groups is 1. The average molecular weight is 340 g/mol. The molecule has 23 heavy (non-hydrogen) atoms. The molecule has 2 aliphatic rings. The van der Waals surface area contributed by atoms with Gasteiger partial charge in [-0.3, -0.25) is 4.79 Å². The van der Waals surface area contributed by atoms with Crippen molar-refractivity contribution in [3.05, 3.63) is 18.2 Å². The highest BCUT2D eigenvalue weighted by atomic mass is 32.2. The molecule has 1 saturated heterocycles. The van der Waals surface area contributed by atoms with E-state index in [1.807, 2.05) is 0 Å². The van der Waals surface area contributed by atoms with Gasteiger partial charge in [-0.15, -0.1) is 0 Å². The van der Waals surface area contributed by atoms with Crippen LogP contribution in [0.3, 0.4) is 0 Å². The summed E-state index contributed by atoms with van der Waals surface area (Å²) < 4.78 is 35.9. The molecule has 1 aromatic rings. The number of ether oxygens (including phenoxy) is 2. The molecule has 0 unspecified atom stereocenters. The Kier molecular flexibility index (Phi) is 4.45. The van der Waals surface area contributed by atoms with Crippen molar-refractivity contribution >= 4 is 21.6 Å². The molecule has 0 saturated carbocycles. The van der Waals surface area contributed by atoms with Crippen molar-refractivity contribution in [2.75, 3.05) is 31.0 Å². The monoisotopic (exact) mass is 340 g/mol. The topological polar surface area (TPSA) is 84.9 Å². The first kappa shape index (κ1) is 16.1. The first-order valence-electron chi connectivity index (χ1n) is 7.68. The van der Waals surface area contributed by atoms with E-state index in [2.05, 4.69) is 5.32 Å². The van der Waals surface area contributed by atoms with Gasteiger partial charge in [0.05, 0.1) is 11.7 Å². The maximum absolute atomic E-state index is 12.4. The zero-order chi connectivity index (χ0) is 16.4. The van der Waals surface area contributed by atoms with Crippen molar-refractivity contribution in [3.63, 3.8) is 0 Å². The molecule has 0 bridgehead atoms. The van der Waals surface area contributed by atoms with E-state index in [4.69, 9.17) is 9.47 Å². The molecule has 126 valence electrons. The maximum Gasteiger partial charge on any atom is 0.231 e. The van der Waals surface area contributed by atoms with Crippen LogP contribution >= 0.6 is 0 Å². The minimum Gasteiger partial charge on any atom is -0.454 e. The summed E-state index contributed by atoms with van der Waals surface area (Å²) in [5, 5.41) is 2.84. The Morgan fingerprint density at radius 1 is 1.35 bits per heavy atom. The fraction of sp³-hybridized carbons (Fsp3) is 0.533. The Balaban J connectivity index is 1.66. The summed E-state index contributed by atoms with van der Waals surface area (Å²) >= 11 is 0. The predicted molar refractivity (Wildman–Crippen MR) is 85.0 cm³/mol. The van der Waals surface area contributed by atoms with Crippen LogP contribution in [0.25, 0.3) is 0 Å². The van der Waals surface area contributed by atoms with E-state index in [1.54, 1.807) is 25.1 Å². The Bertz CT molecular complexity index is 704. The smallest absolute Gasteiger partial charge is 0.231 e. The molecule has 2 aliphatic heterocycles. The van der Waals surface area contributed by atoms with Crippen molar-refractivity contribution in [1.82, 2.24) is 4.31 Å². The van der Waals surface area contributed by atoms with Crippen molar-refractivity contribution in [1.29, 1.82) is 0 Å². The van der Waals surface area contributed by atoms with Crippen LogP contribution in [0.15, 0.2) is 18.2 Å². The number of sulfonamides is 1. The van der Waals surface area contributed by atoms with Crippen molar-refractivity contribution in [2.24, 2.45) is 5.92 Å². The lowest BCUT2D eigenvalue weighted by Crippen LogP contribution is -2.44. The summed E-state index contributed by atoms with van der Waals surface area (Å²) in [4.78, 5) is 12.4. The molecule has 1 atom stereocenters. The number of amides is 1. The van der Waals surface area contributed by atoms with Crippen molar-refractivity contribution in [3.8, 4) is 11.5 Å². The molecule has 1 amide bonds. The van der Waals surface area contributed by atoms with E-state index in [0.29, 0.717) is 36.6 Å². The van der Waals surface area contributed by atoms with Crippen LogP contribution in [-0.2, 0) is 14.8 Å². The fourth-order valence-corrected chi connectivity index (χ4v) is 3.99. The van der Waals surface area contributed by atoms with Gasteiger partial charge < -0.3 is 14.8 Å². The largest absolute Gasteiger partial charge is 0.454 e. The molecule has 2 heterocycles. The van der Waals surface area contributed by atoms with Crippen LogP contribution in [0.1, 0.15) is 19.8 Å². The zero-order valence-electron chi connectivity index (χ0n) is 12.9. The summed E-state index contributed by atoms with van der Waals surface area (Å²) in [6, 6.07) is 5.20. The third kappa shape index (κ3) is 3.42. The van der Waals surface area contributed by atoms with E-state index in [0.717, 1.165) is 0 Å². The lowest BCUT2D eigenvalue weighted by Gasteiger charge is -2.30. The number of benzene rings is 1. The molecule has 3 rings (SSSR count). The Hall–Kier alpha value is -1.80. The van der Waals surface area contributed by atoms with Crippen LogP contribution in [0.5, 0.6) is 11.5 Å². The molecule has 0 radical (unpaired) electrons. The van der Waals surface area contributed by atoms with Crippen LogP contribution in [0.2, 0.25) is 0 Å². The number of fused-ring (bicyclic) bond motifs is 1. The van der Waals surface area contributed by atoms with Gasteiger partial charge in [0.2, 0.25) is 22.7 Å². The van der Waals surface area contributed by atoms with Gasteiger partial charge in [-0.1, -0.05) is 0 Å². The number of nitrogens with zero attached hydrogens (tertiary/aromatic N) is 1. The molecule has 0 spiro atoms. The quantitative estimate of drug-likeness (QED) is 0.896. The normalized spacial score (nSPS) is 21.2. The van der Waals surface area contributed by atoms with Gasteiger partial charge in [-0.05, 0) is 31.9 Å². The Morgan fingerprint density at radius 2 is 2.13 bits per heavy atom. The summed E-state index contributed by atoms with van der Waals surface area (Å²) in [6.07, 6.45) is 1.38. The molecular formula is C15H20N2O5S. The third-order valence-electron chi connectivity index (χ3n) is 4.15. The molecule has 1 N–H and O–H groups in total. The zero-order valence-corrected chi connectivity index (χ0v) is 13.8. The van der Waals surface area contributed by atoms with E-state index < -0.39 is 10.0 Å². The van der Waals surface area contributed by atoms with E-state index in [-0.39, 0.29) is 30.9 Å². The van der Waals surface area contributed by atoms with Crippen LogP contribution in [0, 0.1) is 5.92 Å². The van der Waals surface area contributed by atoms with Crippen molar-refractivity contribution < 1.29 is 22.7 Å². The van der Waals surface area contributed by atoms with Gasteiger partial charge in [0.25, 0.3) is 0 Å². The highest BCUT2D eigenvalue weighted by molar-refractivity contribution is 7.89. The Labute approximate surface area is 135 Å². The van der Waals surface area contributed by atoms with Crippen LogP contribution in [0.4, 0.5) is 5.69 Å². The minimum absolute atomic E-state index is 0.0590. The fourth-order valence-electron chi connectivity index (χ4n) is 2.81. The number of nitrogens with one attached hydrogen (secondary N) is 1. The lowest BCUT2D eigenvalue weighted by molar-refractivity contribution is -0.120. The van der Waals surface area contributed by atoms with E-state index in [9.17, 15) is 13.2 Å². The number of hydrogen-bond donors (Lipinski definition) is 1. The summed E-state index contributed by atoms with van der Waals surface area (Å²) in [6.45, 7) is 2.53. The van der Waals surface area contributed by atoms with Gasteiger partial charge in [-0.25, -0.2) is 12.7 Å². The van der Waals surface area contributed by atoms with Crippen molar-refractivity contribution in [2.45, 2.75) is 19.8 Å². The number of rotatable bonds is 4. The third-order valence-corrected chi connectivity index (χ3v) is 6.00. The molecule has 0 aliphatic carbocycles. The summed E-state index contributed by atoms with van der Waals surface area (Å²) in [7, 11) is -3.25. The van der Waals surface area contributed by atoms with E-state index in [1.165, 1.54) is 4.31 Å². The van der Waals surface area contributed by atoms with Gasteiger partial charge in [0.1, 0.15) is 0 Å². The molecule has 8 heteroatoms. The second kappa shape index (κ2) is 6.37. The summed E-state index contributed by atoms with van der Waals surface area (Å²) in [5.41, 5.74) is 0.620. The number of anilines is 1. The number of carbonyl (C=O) groups excluding carboxylic acids is 1. The minimum atomic E-state index is -3.25. The standard InChI is InChI=1S/C15H20N2O5S/c1-2-23(19,20)17-7-3-4-11(9-17)15(18)16-12-5-6-13-14(8-12)22-10-21-13/h5-6,8,11H,2-4,7,9-10H2,1H3,(H,16,18)/t11-/m0/s1. The number of piperidine rings is 1. The van der Waals surface area contributed by atoms with Gasteiger partial charge >= 0.3 is 0 Å². The van der Waals surface area contributed by atoms with Gasteiger partial charge in [0, 0.05) is 24.8 Å². The maximum atomic E-state index is 12.4. The molecule has 7 nitrogen and oxygen atoms in total. The van der Waals surface area contributed by atoms with Gasteiger partial charge in [-0.2, -0.15) is 0 Å². The van der Waals surface area contributed by atoms with E-state index >= 15 is 0 Å².